The second-order valence-corrected chi connectivity index (χ2v) is 3.62. The molecule has 0 amide bonds. The van der Waals surface area contributed by atoms with Crippen molar-refractivity contribution in [2.24, 2.45) is 0 Å². The Morgan fingerprint density at radius 1 is 0.941 bits per heavy atom. The van der Waals surface area contributed by atoms with E-state index in [1.165, 1.54) is 0 Å². The predicted octanol–water partition coefficient (Wildman–Crippen LogP) is 3.45. The van der Waals surface area contributed by atoms with Crippen LogP contribution in [0.2, 0.25) is 0 Å². The zero-order valence-electron chi connectivity index (χ0n) is 9.21. The second kappa shape index (κ2) is 5.12. The summed E-state index contributed by atoms with van der Waals surface area (Å²) in [5.41, 5.74) is 3.02. The van der Waals surface area contributed by atoms with E-state index in [9.17, 15) is 4.79 Å². The summed E-state index contributed by atoms with van der Waals surface area (Å²) in [7, 11) is 0. The average molecular weight is 224 g/mol. The van der Waals surface area contributed by atoms with Gasteiger partial charge in [0.05, 0.1) is 0 Å². The summed E-state index contributed by atoms with van der Waals surface area (Å²) in [6.07, 6.45) is 2.77. The van der Waals surface area contributed by atoms with Gasteiger partial charge in [-0.2, -0.15) is 0 Å². The number of carboxylic acids is 1. The third kappa shape index (κ3) is 2.82. The van der Waals surface area contributed by atoms with E-state index in [2.05, 4.69) is 0 Å². The van der Waals surface area contributed by atoms with E-state index in [4.69, 9.17) is 5.11 Å². The molecule has 2 rings (SSSR count). The number of hydrogen-bond acceptors (Lipinski definition) is 1. The molecule has 0 saturated heterocycles. The molecule has 0 aromatic heterocycles. The number of carbonyl (C=O) groups is 1. The lowest BCUT2D eigenvalue weighted by atomic mass is 9.99. The molecular formula is C15H12O2. The molecule has 2 aromatic carbocycles. The standard InChI is InChI=1S/C15H12O2/c16-15(17)11-10-13-8-4-5-9-14(13)12-6-2-1-3-7-12/h1-11H,(H,16,17)/b11-10+. The Balaban J connectivity index is 2.45. The lowest BCUT2D eigenvalue weighted by molar-refractivity contribution is -0.131. The van der Waals surface area contributed by atoms with Gasteiger partial charge in [-0.05, 0) is 22.8 Å². The van der Waals surface area contributed by atoms with Gasteiger partial charge in [-0.15, -0.1) is 0 Å². The minimum absolute atomic E-state index is 0.904. The van der Waals surface area contributed by atoms with Crippen molar-refractivity contribution in [1.82, 2.24) is 0 Å². The van der Waals surface area contributed by atoms with E-state index in [0.29, 0.717) is 0 Å². The quantitative estimate of drug-likeness (QED) is 0.811. The van der Waals surface area contributed by atoms with Gasteiger partial charge in [0, 0.05) is 6.08 Å². The molecule has 0 atom stereocenters. The highest BCUT2D eigenvalue weighted by Crippen LogP contribution is 2.24. The van der Waals surface area contributed by atoms with Crippen LogP contribution in [-0.4, -0.2) is 11.1 Å². The third-order valence-electron chi connectivity index (χ3n) is 2.45. The number of hydrogen-bond donors (Lipinski definition) is 1. The van der Waals surface area contributed by atoms with Crippen molar-refractivity contribution in [2.45, 2.75) is 0 Å². The normalized spacial score (nSPS) is 10.6. The van der Waals surface area contributed by atoms with E-state index in [1.807, 2.05) is 54.6 Å². The lowest BCUT2D eigenvalue weighted by Gasteiger charge is -2.05. The smallest absolute Gasteiger partial charge is 0.328 e. The molecule has 0 aliphatic rings. The van der Waals surface area contributed by atoms with Crippen molar-refractivity contribution in [2.75, 3.05) is 0 Å². The van der Waals surface area contributed by atoms with Crippen LogP contribution in [0.3, 0.4) is 0 Å². The monoisotopic (exact) mass is 224 g/mol. The maximum Gasteiger partial charge on any atom is 0.328 e. The Bertz CT molecular complexity index is 542. The van der Waals surface area contributed by atoms with Gasteiger partial charge < -0.3 is 5.11 Å². The SMILES string of the molecule is O=C(O)/C=C/c1ccccc1-c1ccccc1. The molecule has 2 aromatic rings. The Hall–Kier alpha value is -2.35. The summed E-state index contributed by atoms with van der Waals surface area (Å²) < 4.78 is 0. The van der Waals surface area contributed by atoms with Crippen LogP contribution in [0.4, 0.5) is 0 Å². The van der Waals surface area contributed by atoms with Crippen LogP contribution in [0.1, 0.15) is 5.56 Å². The molecule has 84 valence electrons. The van der Waals surface area contributed by atoms with Crippen LogP contribution >= 0.6 is 0 Å². The van der Waals surface area contributed by atoms with Crippen molar-refractivity contribution in [3.63, 3.8) is 0 Å². The van der Waals surface area contributed by atoms with Crippen LogP contribution in [0.15, 0.2) is 60.7 Å². The first-order valence-electron chi connectivity index (χ1n) is 5.33. The highest BCUT2D eigenvalue weighted by Gasteiger charge is 2.01. The minimum Gasteiger partial charge on any atom is -0.478 e. The summed E-state index contributed by atoms with van der Waals surface area (Å²) in [4.78, 5) is 10.5. The van der Waals surface area contributed by atoms with Gasteiger partial charge in [0.2, 0.25) is 0 Å². The molecule has 0 heterocycles. The largest absolute Gasteiger partial charge is 0.478 e. The summed E-state index contributed by atoms with van der Waals surface area (Å²) >= 11 is 0. The maximum absolute atomic E-state index is 10.5. The van der Waals surface area contributed by atoms with Crippen LogP contribution in [-0.2, 0) is 4.79 Å². The van der Waals surface area contributed by atoms with Crippen molar-refractivity contribution in [1.29, 1.82) is 0 Å². The van der Waals surface area contributed by atoms with Gasteiger partial charge in [-0.1, -0.05) is 54.6 Å². The van der Waals surface area contributed by atoms with Crippen LogP contribution in [0, 0.1) is 0 Å². The topological polar surface area (TPSA) is 37.3 Å². The fourth-order valence-corrected chi connectivity index (χ4v) is 1.68. The maximum atomic E-state index is 10.5. The number of carboxylic acid groups (broad SMARTS) is 1. The van der Waals surface area contributed by atoms with Crippen molar-refractivity contribution in [3.8, 4) is 11.1 Å². The van der Waals surface area contributed by atoms with Crippen LogP contribution < -0.4 is 0 Å². The summed E-state index contributed by atoms with van der Waals surface area (Å²) in [5.74, 6) is -0.937. The molecule has 0 saturated carbocycles. The second-order valence-electron chi connectivity index (χ2n) is 3.62. The molecule has 0 fully saturated rings. The minimum atomic E-state index is -0.937. The highest BCUT2D eigenvalue weighted by molar-refractivity contribution is 5.87. The van der Waals surface area contributed by atoms with Gasteiger partial charge in [-0.3, -0.25) is 0 Å². The molecule has 0 radical (unpaired) electrons. The molecule has 1 N–H and O–H groups in total. The fourth-order valence-electron chi connectivity index (χ4n) is 1.68. The third-order valence-corrected chi connectivity index (χ3v) is 2.45. The van der Waals surface area contributed by atoms with Crippen LogP contribution in [0.5, 0.6) is 0 Å². The van der Waals surface area contributed by atoms with E-state index < -0.39 is 5.97 Å². The Kier molecular flexibility index (Phi) is 3.36. The first-order valence-corrected chi connectivity index (χ1v) is 5.33. The van der Waals surface area contributed by atoms with Gasteiger partial charge in [-0.25, -0.2) is 4.79 Å². The molecule has 17 heavy (non-hydrogen) atoms. The van der Waals surface area contributed by atoms with Crippen molar-refractivity contribution < 1.29 is 9.90 Å². The van der Waals surface area contributed by atoms with E-state index in [1.54, 1.807) is 6.08 Å². The first kappa shape index (κ1) is 11.1. The molecule has 0 aliphatic carbocycles. The van der Waals surface area contributed by atoms with Crippen LogP contribution in [0.25, 0.3) is 17.2 Å². The van der Waals surface area contributed by atoms with Gasteiger partial charge in [0.15, 0.2) is 0 Å². The molecule has 0 unspecified atom stereocenters. The number of aliphatic carboxylic acids is 1. The van der Waals surface area contributed by atoms with Gasteiger partial charge in [0.1, 0.15) is 0 Å². The Morgan fingerprint density at radius 3 is 2.29 bits per heavy atom. The van der Waals surface area contributed by atoms with E-state index in [-0.39, 0.29) is 0 Å². The number of benzene rings is 2. The molecule has 0 bridgehead atoms. The summed E-state index contributed by atoms with van der Waals surface area (Å²) in [6, 6.07) is 17.6. The van der Waals surface area contributed by atoms with E-state index in [0.717, 1.165) is 22.8 Å². The zero-order valence-corrected chi connectivity index (χ0v) is 9.21. The van der Waals surface area contributed by atoms with Gasteiger partial charge in [0.25, 0.3) is 0 Å². The van der Waals surface area contributed by atoms with E-state index >= 15 is 0 Å². The summed E-state index contributed by atoms with van der Waals surface area (Å²) in [6.45, 7) is 0. The van der Waals surface area contributed by atoms with Crippen molar-refractivity contribution in [3.05, 3.63) is 66.2 Å². The molecular weight excluding hydrogens is 212 g/mol. The Morgan fingerprint density at radius 2 is 1.59 bits per heavy atom. The highest BCUT2D eigenvalue weighted by atomic mass is 16.4. The molecule has 2 nitrogen and oxygen atoms in total. The lowest BCUT2D eigenvalue weighted by Crippen LogP contribution is -1.87. The summed E-state index contributed by atoms with van der Waals surface area (Å²) in [5, 5.41) is 8.65. The zero-order chi connectivity index (χ0) is 12.1. The molecule has 0 aliphatic heterocycles. The Labute approximate surface area is 99.8 Å². The molecule has 0 spiro atoms. The van der Waals surface area contributed by atoms with Crippen molar-refractivity contribution >= 4 is 12.0 Å². The number of rotatable bonds is 3. The fraction of sp³-hybridized carbons (Fsp3) is 0. The molecule has 2 heteroatoms. The average Bonchev–Trinajstić information content (AvgIpc) is 2.38. The first-order chi connectivity index (χ1) is 8.27. The van der Waals surface area contributed by atoms with Gasteiger partial charge >= 0.3 is 5.97 Å². The predicted molar refractivity (Wildman–Crippen MR) is 68.5 cm³/mol.